The second-order valence-corrected chi connectivity index (χ2v) is 9.18. The van der Waals surface area contributed by atoms with Gasteiger partial charge in [-0.05, 0) is 24.6 Å². The lowest BCUT2D eigenvalue weighted by molar-refractivity contribution is 0.0401. The van der Waals surface area contributed by atoms with E-state index < -0.39 is 14.6 Å². The summed E-state index contributed by atoms with van der Waals surface area (Å²) in [7, 11) is -3.27. The van der Waals surface area contributed by atoms with Crippen LogP contribution in [0.3, 0.4) is 0 Å². The minimum atomic E-state index is -3.27. The summed E-state index contributed by atoms with van der Waals surface area (Å²) in [5, 5.41) is 0. The number of pyridine rings is 2. The second-order valence-electron chi connectivity index (χ2n) is 6.72. The Morgan fingerprint density at radius 2 is 1.88 bits per heavy atom. The number of hydrogen-bond donors (Lipinski definition) is 0. The van der Waals surface area contributed by atoms with Crippen LogP contribution in [0.1, 0.15) is 16.9 Å². The van der Waals surface area contributed by atoms with E-state index in [0.29, 0.717) is 18.0 Å². The molecular weight excluding hydrogens is 354 g/mol. The summed E-state index contributed by atoms with van der Waals surface area (Å²) in [5.74, 6) is 0.229. The normalized spacial score (nSPS) is 22.8. The molecule has 2 saturated heterocycles. The maximum absolute atomic E-state index is 12.7. The van der Waals surface area contributed by atoms with Gasteiger partial charge in [-0.15, -0.1) is 0 Å². The van der Waals surface area contributed by atoms with Gasteiger partial charge in [0.1, 0.15) is 10.4 Å². The Balaban J connectivity index is 1.47. The van der Waals surface area contributed by atoms with Crippen LogP contribution in [0.25, 0.3) is 0 Å². The molecule has 0 unspecified atom stereocenters. The Morgan fingerprint density at radius 1 is 1.15 bits per heavy atom. The van der Waals surface area contributed by atoms with Crippen LogP contribution in [0.4, 0.5) is 0 Å². The number of aromatic nitrogens is 2. The first-order chi connectivity index (χ1) is 12.5. The molecule has 4 heterocycles. The van der Waals surface area contributed by atoms with Gasteiger partial charge < -0.3 is 9.64 Å². The summed E-state index contributed by atoms with van der Waals surface area (Å²) in [6.07, 6.45) is 3.73. The van der Waals surface area contributed by atoms with Crippen molar-refractivity contribution in [2.45, 2.75) is 11.2 Å². The van der Waals surface area contributed by atoms with E-state index in [4.69, 9.17) is 4.74 Å². The molecule has 0 aromatic carbocycles. The van der Waals surface area contributed by atoms with Gasteiger partial charge in [0, 0.05) is 37.5 Å². The molecule has 0 bridgehead atoms. The number of nitrogens with zero attached hydrogens (tertiary/aromatic N) is 3. The van der Waals surface area contributed by atoms with Gasteiger partial charge in [-0.3, -0.25) is 9.78 Å². The van der Waals surface area contributed by atoms with Crippen molar-refractivity contribution in [3.05, 3.63) is 54.5 Å². The van der Waals surface area contributed by atoms with Gasteiger partial charge in [0.2, 0.25) is 5.88 Å². The van der Waals surface area contributed by atoms with E-state index in [0.717, 1.165) is 0 Å². The Morgan fingerprint density at radius 3 is 2.54 bits per heavy atom. The van der Waals surface area contributed by atoms with Gasteiger partial charge >= 0.3 is 0 Å². The van der Waals surface area contributed by atoms with Crippen molar-refractivity contribution in [1.29, 1.82) is 0 Å². The molecule has 2 aromatic rings. The van der Waals surface area contributed by atoms with Crippen LogP contribution < -0.4 is 4.74 Å². The van der Waals surface area contributed by atoms with Crippen molar-refractivity contribution in [2.24, 2.45) is 5.92 Å². The van der Waals surface area contributed by atoms with Gasteiger partial charge in [-0.2, -0.15) is 0 Å². The lowest BCUT2D eigenvalue weighted by Crippen LogP contribution is -2.69. The standard InChI is InChI=1S/C18H19N3O4S/c22-17(15-5-1-3-8-19-15)21-12-18(13-21)14(7-10-26(18,23)24)11-25-16-6-2-4-9-20-16/h1-6,8-9,14H,7,10-13H2/t14-/m1/s1. The molecule has 2 aliphatic rings. The zero-order chi connectivity index (χ0) is 18.2. The average molecular weight is 373 g/mol. The molecule has 2 fully saturated rings. The average Bonchev–Trinajstić information content (AvgIpc) is 2.90. The van der Waals surface area contributed by atoms with E-state index >= 15 is 0 Å². The van der Waals surface area contributed by atoms with E-state index in [2.05, 4.69) is 9.97 Å². The Labute approximate surface area is 151 Å². The number of rotatable bonds is 4. The zero-order valence-corrected chi connectivity index (χ0v) is 14.9. The van der Waals surface area contributed by atoms with Crippen LogP contribution in [0.15, 0.2) is 48.8 Å². The zero-order valence-electron chi connectivity index (χ0n) is 14.1. The summed E-state index contributed by atoms with van der Waals surface area (Å²) < 4.78 is 30.1. The van der Waals surface area contributed by atoms with Crippen LogP contribution in [-0.2, 0) is 9.84 Å². The monoisotopic (exact) mass is 373 g/mol. The van der Waals surface area contributed by atoms with E-state index in [1.807, 2.05) is 6.07 Å². The molecule has 0 radical (unpaired) electrons. The van der Waals surface area contributed by atoms with Crippen molar-refractivity contribution >= 4 is 15.7 Å². The SMILES string of the molecule is O=C(c1ccccn1)N1CC2(C1)[C@@H](COc1ccccn1)CCS2(=O)=O. The number of hydrogen-bond acceptors (Lipinski definition) is 6. The van der Waals surface area contributed by atoms with Crippen molar-refractivity contribution in [3.8, 4) is 5.88 Å². The molecular formula is C18H19N3O4S. The molecule has 0 N–H and O–H groups in total. The van der Waals surface area contributed by atoms with Crippen LogP contribution >= 0.6 is 0 Å². The van der Waals surface area contributed by atoms with Gasteiger partial charge in [0.15, 0.2) is 9.84 Å². The molecule has 2 aromatic heterocycles. The number of likely N-dealkylation sites (tertiary alicyclic amines) is 1. The molecule has 0 aliphatic carbocycles. The largest absolute Gasteiger partial charge is 0.477 e. The summed E-state index contributed by atoms with van der Waals surface area (Å²) in [5.41, 5.74) is 0.332. The minimum Gasteiger partial charge on any atom is -0.477 e. The predicted octanol–water partition coefficient (Wildman–Crippen LogP) is 1.18. The van der Waals surface area contributed by atoms with Crippen LogP contribution in [0, 0.1) is 5.92 Å². The summed E-state index contributed by atoms with van der Waals surface area (Å²) in [4.78, 5) is 22.2. The van der Waals surface area contributed by atoms with Crippen LogP contribution in [0.2, 0.25) is 0 Å². The number of amides is 1. The number of carbonyl (C=O) groups is 1. The number of ether oxygens (including phenoxy) is 1. The van der Waals surface area contributed by atoms with Gasteiger partial charge in [0.25, 0.3) is 5.91 Å². The fourth-order valence-electron chi connectivity index (χ4n) is 3.72. The van der Waals surface area contributed by atoms with Crippen molar-refractivity contribution in [1.82, 2.24) is 14.9 Å². The molecule has 2 aliphatic heterocycles. The Kier molecular flexibility index (Phi) is 4.14. The molecule has 0 saturated carbocycles. The Hall–Kier alpha value is -2.48. The molecule has 1 atom stereocenters. The van der Waals surface area contributed by atoms with Crippen LogP contribution in [0.5, 0.6) is 5.88 Å². The molecule has 136 valence electrons. The topological polar surface area (TPSA) is 89.5 Å². The Bertz CT molecular complexity index is 897. The van der Waals surface area contributed by atoms with Gasteiger partial charge in [0.05, 0.1) is 12.4 Å². The van der Waals surface area contributed by atoms with Crippen LogP contribution in [-0.4, -0.2) is 59.4 Å². The van der Waals surface area contributed by atoms with Crippen molar-refractivity contribution in [3.63, 3.8) is 0 Å². The predicted molar refractivity (Wildman–Crippen MR) is 94.5 cm³/mol. The lowest BCUT2D eigenvalue weighted by atomic mass is 9.83. The third-order valence-corrected chi connectivity index (χ3v) is 7.86. The first-order valence-corrected chi connectivity index (χ1v) is 10.1. The minimum absolute atomic E-state index is 0.134. The van der Waals surface area contributed by atoms with Gasteiger partial charge in [-0.1, -0.05) is 12.1 Å². The van der Waals surface area contributed by atoms with E-state index in [1.165, 1.54) is 0 Å². The second kappa shape index (κ2) is 6.35. The third-order valence-electron chi connectivity index (χ3n) is 5.26. The smallest absolute Gasteiger partial charge is 0.272 e. The summed E-state index contributed by atoms with van der Waals surface area (Å²) >= 11 is 0. The number of sulfone groups is 1. The maximum Gasteiger partial charge on any atom is 0.272 e. The first-order valence-electron chi connectivity index (χ1n) is 8.48. The molecule has 7 nitrogen and oxygen atoms in total. The van der Waals surface area contributed by atoms with Gasteiger partial charge in [-0.25, -0.2) is 13.4 Å². The quantitative estimate of drug-likeness (QED) is 0.800. The maximum atomic E-state index is 12.7. The first kappa shape index (κ1) is 17.0. The van der Waals surface area contributed by atoms with E-state index in [9.17, 15) is 13.2 Å². The fourth-order valence-corrected chi connectivity index (χ4v) is 6.12. The van der Waals surface area contributed by atoms with E-state index in [-0.39, 0.29) is 37.3 Å². The molecule has 4 rings (SSSR count). The molecule has 8 heteroatoms. The van der Waals surface area contributed by atoms with E-state index in [1.54, 1.807) is 47.6 Å². The molecule has 1 spiro atoms. The number of carbonyl (C=O) groups excluding carboxylic acids is 1. The highest BCUT2D eigenvalue weighted by molar-refractivity contribution is 7.93. The van der Waals surface area contributed by atoms with Crippen molar-refractivity contribution < 1.29 is 17.9 Å². The highest BCUT2D eigenvalue weighted by atomic mass is 32.2. The van der Waals surface area contributed by atoms with Crippen molar-refractivity contribution in [2.75, 3.05) is 25.4 Å². The fraction of sp³-hybridized carbons (Fsp3) is 0.389. The highest BCUT2D eigenvalue weighted by Gasteiger charge is 2.62. The highest BCUT2D eigenvalue weighted by Crippen LogP contribution is 2.45. The summed E-state index contributed by atoms with van der Waals surface area (Å²) in [6.45, 7) is 0.670. The summed E-state index contributed by atoms with van der Waals surface area (Å²) in [6, 6.07) is 10.5. The lowest BCUT2D eigenvalue weighted by Gasteiger charge is -2.49. The third kappa shape index (κ3) is 2.74. The molecule has 26 heavy (non-hydrogen) atoms. The molecule has 1 amide bonds.